The van der Waals surface area contributed by atoms with E-state index in [0.29, 0.717) is 0 Å². The summed E-state index contributed by atoms with van der Waals surface area (Å²) in [6.07, 6.45) is 1.26. The zero-order valence-electron chi connectivity index (χ0n) is 13.5. The van der Waals surface area contributed by atoms with Gasteiger partial charge in [-0.15, -0.1) is 0 Å². The van der Waals surface area contributed by atoms with Crippen molar-refractivity contribution in [2.24, 2.45) is 0 Å². The van der Waals surface area contributed by atoms with Gasteiger partial charge in [0.15, 0.2) is 0 Å². The molecule has 1 fully saturated rings. The molecule has 0 unspecified atom stereocenters. The minimum absolute atomic E-state index is 1.08. The zero-order valence-corrected chi connectivity index (χ0v) is 13.5. The molecule has 2 nitrogen and oxygen atoms in total. The lowest BCUT2D eigenvalue weighted by molar-refractivity contribution is 0.127. The van der Waals surface area contributed by atoms with Gasteiger partial charge in [0, 0.05) is 32.7 Å². The third-order valence-electron chi connectivity index (χ3n) is 4.47. The molecule has 0 bridgehead atoms. The summed E-state index contributed by atoms with van der Waals surface area (Å²) in [5.41, 5.74) is 4.02. The van der Waals surface area contributed by atoms with Crippen LogP contribution in [0.25, 0.3) is 11.1 Å². The minimum Gasteiger partial charge on any atom is -0.301 e. The Bertz CT molecular complexity index is 554. The topological polar surface area (TPSA) is 6.48 Å². The van der Waals surface area contributed by atoms with Gasteiger partial charge in [0.05, 0.1) is 0 Å². The Morgan fingerprint density at radius 3 is 1.95 bits per heavy atom. The predicted molar refractivity (Wildman–Crippen MR) is 93.9 cm³/mol. The van der Waals surface area contributed by atoms with E-state index in [4.69, 9.17) is 0 Å². The maximum atomic E-state index is 2.58. The van der Waals surface area contributed by atoms with Crippen LogP contribution in [0.3, 0.4) is 0 Å². The first-order valence-corrected chi connectivity index (χ1v) is 8.44. The van der Waals surface area contributed by atoms with Crippen molar-refractivity contribution in [2.75, 3.05) is 32.7 Å². The molecule has 2 heteroatoms. The van der Waals surface area contributed by atoms with Crippen LogP contribution in [0.1, 0.15) is 18.9 Å². The molecule has 1 saturated heterocycles. The van der Waals surface area contributed by atoms with Gasteiger partial charge in [-0.2, -0.15) is 0 Å². The fourth-order valence-corrected chi connectivity index (χ4v) is 3.18. The summed E-state index contributed by atoms with van der Waals surface area (Å²) in [6.45, 7) is 9.42. The fourth-order valence-electron chi connectivity index (χ4n) is 3.18. The van der Waals surface area contributed by atoms with Gasteiger partial charge in [-0.3, -0.25) is 4.90 Å². The molecule has 116 valence electrons. The Morgan fingerprint density at radius 2 is 1.32 bits per heavy atom. The highest BCUT2D eigenvalue weighted by Gasteiger charge is 2.15. The first kappa shape index (κ1) is 15.3. The number of hydrogen-bond donors (Lipinski definition) is 0. The van der Waals surface area contributed by atoms with Crippen molar-refractivity contribution in [3.63, 3.8) is 0 Å². The van der Waals surface area contributed by atoms with E-state index in [2.05, 4.69) is 71.3 Å². The molecule has 0 saturated carbocycles. The van der Waals surface area contributed by atoms with Gasteiger partial charge >= 0.3 is 0 Å². The number of hydrogen-bond acceptors (Lipinski definition) is 2. The lowest BCUT2D eigenvalue weighted by Crippen LogP contribution is -2.45. The summed E-state index contributed by atoms with van der Waals surface area (Å²) >= 11 is 0. The van der Waals surface area contributed by atoms with E-state index in [0.717, 1.165) is 6.54 Å². The number of benzene rings is 2. The van der Waals surface area contributed by atoms with E-state index < -0.39 is 0 Å². The highest BCUT2D eigenvalue weighted by atomic mass is 15.3. The second-order valence-corrected chi connectivity index (χ2v) is 6.18. The smallest absolute Gasteiger partial charge is 0.0234 e. The highest BCUT2D eigenvalue weighted by Crippen LogP contribution is 2.20. The Labute approximate surface area is 134 Å². The number of piperazine rings is 1. The van der Waals surface area contributed by atoms with Crippen molar-refractivity contribution < 1.29 is 0 Å². The standard InChI is InChI=1S/C20H26N2/c1-2-12-21-13-15-22(16-14-21)17-18-8-10-20(11-9-18)19-6-4-3-5-7-19/h3-11H,2,12-17H2,1H3. The van der Waals surface area contributed by atoms with Crippen LogP contribution in [0, 0.1) is 0 Å². The molecule has 0 spiro atoms. The van der Waals surface area contributed by atoms with Crippen molar-refractivity contribution in [1.82, 2.24) is 9.80 Å². The summed E-state index contributed by atoms with van der Waals surface area (Å²) in [6, 6.07) is 19.6. The van der Waals surface area contributed by atoms with E-state index in [9.17, 15) is 0 Å². The Morgan fingerprint density at radius 1 is 0.727 bits per heavy atom. The average Bonchev–Trinajstić information content (AvgIpc) is 2.58. The van der Waals surface area contributed by atoms with Gasteiger partial charge in [-0.1, -0.05) is 61.5 Å². The second kappa shape index (κ2) is 7.57. The molecule has 1 aliphatic rings. The van der Waals surface area contributed by atoms with Crippen LogP contribution in [0.4, 0.5) is 0 Å². The van der Waals surface area contributed by atoms with Crippen LogP contribution in [-0.2, 0) is 6.54 Å². The molecule has 1 aliphatic heterocycles. The Hall–Kier alpha value is -1.64. The molecule has 0 aromatic heterocycles. The summed E-state index contributed by atoms with van der Waals surface area (Å²) in [5, 5.41) is 0. The number of rotatable bonds is 5. The summed E-state index contributed by atoms with van der Waals surface area (Å²) < 4.78 is 0. The van der Waals surface area contributed by atoms with Crippen molar-refractivity contribution in [3.8, 4) is 11.1 Å². The van der Waals surface area contributed by atoms with Crippen LogP contribution in [0.15, 0.2) is 54.6 Å². The molecular formula is C20H26N2. The van der Waals surface area contributed by atoms with E-state index >= 15 is 0 Å². The molecule has 0 atom stereocenters. The summed E-state index contributed by atoms with van der Waals surface area (Å²) in [5.74, 6) is 0. The zero-order chi connectivity index (χ0) is 15.2. The third-order valence-corrected chi connectivity index (χ3v) is 4.47. The van der Waals surface area contributed by atoms with Crippen LogP contribution >= 0.6 is 0 Å². The summed E-state index contributed by atoms with van der Waals surface area (Å²) in [7, 11) is 0. The highest BCUT2D eigenvalue weighted by molar-refractivity contribution is 5.63. The van der Waals surface area contributed by atoms with E-state index in [-0.39, 0.29) is 0 Å². The van der Waals surface area contributed by atoms with Crippen molar-refractivity contribution >= 4 is 0 Å². The van der Waals surface area contributed by atoms with E-state index in [1.54, 1.807) is 0 Å². The Kier molecular flexibility index (Phi) is 5.25. The molecule has 22 heavy (non-hydrogen) atoms. The van der Waals surface area contributed by atoms with Crippen LogP contribution < -0.4 is 0 Å². The van der Waals surface area contributed by atoms with Crippen molar-refractivity contribution in [2.45, 2.75) is 19.9 Å². The van der Waals surface area contributed by atoms with E-state index in [1.165, 1.54) is 55.8 Å². The molecule has 1 heterocycles. The maximum absolute atomic E-state index is 2.58. The quantitative estimate of drug-likeness (QED) is 0.825. The fraction of sp³-hybridized carbons (Fsp3) is 0.400. The lowest BCUT2D eigenvalue weighted by atomic mass is 10.0. The van der Waals surface area contributed by atoms with E-state index in [1.807, 2.05) is 0 Å². The SMILES string of the molecule is CCCN1CCN(Cc2ccc(-c3ccccc3)cc2)CC1. The first-order valence-electron chi connectivity index (χ1n) is 8.44. The molecular weight excluding hydrogens is 268 g/mol. The monoisotopic (exact) mass is 294 g/mol. The van der Waals surface area contributed by atoms with Crippen molar-refractivity contribution in [3.05, 3.63) is 60.2 Å². The van der Waals surface area contributed by atoms with Crippen molar-refractivity contribution in [1.29, 1.82) is 0 Å². The molecule has 3 rings (SSSR count). The minimum atomic E-state index is 1.08. The third kappa shape index (κ3) is 3.96. The largest absolute Gasteiger partial charge is 0.301 e. The molecule has 0 N–H and O–H groups in total. The van der Waals surface area contributed by atoms with Crippen LogP contribution in [-0.4, -0.2) is 42.5 Å². The van der Waals surface area contributed by atoms with Gasteiger partial charge in [0.1, 0.15) is 0 Å². The average molecular weight is 294 g/mol. The molecule has 0 amide bonds. The molecule has 0 aliphatic carbocycles. The van der Waals surface area contributed by atoms with Crippen LogP contribution in [0.2, 0.25) is 0 Å². The maximum Gasteiger partial charge on any atom is 0.0234 e. The predicted octanol–water partition coefficient (Wildman–Crippen LogP) is 3.88. The molecule has 2 aromatic carbocycles. The number of nitrogens with zero attached hydrogens (tertiary/aromatic N) is 2. The van der Waals surface area contributed by atoms with Gasteiger partial charge in [-0.25, -0.2) is 0 Å². The Balaban J connectivity index is 1.56. The van der Waals surface area contributed by atoms with Crippen LogP contribution in [0.5, 0.6) is 0 Å². The normalized spacial score (nSPS) is 16.8. The van der Waals surface area contributed by atoms with Gasteiger partial charge in [0.25, 0.3) is 0 Å². The summed E-state index contributed by atoms with van der Waals surface area (Å²) in [4.78, 5) is 5.15. The lowest BCUT2D eigenvalue weighted by Gasteiger charge is -2.34. The molecule has 2 aromatic rings. The second-order valence-electron chi connectivity index (χ2n) is 6.18. The van der Waals surface area contributed by atoms with Gasteiger partial charge in [-0.05, 0) is 29.7 Å². The molecule has 0 radical (unpaired) electrons. The van der Waals surface area contributed by atoms with Gasteiger partial charge in [0.2, 0.25) is 0 Å². The van der Waals surface area contributed by atoms with Gasteiger partial charge < -0.3 is 4.90 Å². The first-order chi connectivity index (χ1) is 10.8.